The molecule has 2 atom stereocenters. The quantitative estimate of drug-likeness (QED) is 0.485. The molecular weight excluding hydrogens is 314 g/mol. The molecule has 104 valence electrons. The van der Waals surface area contributed by atoms with Crippen LogP contribution in [0.5, 0.6) is 0 Å². The molecule has 0 saturated carbocycles. The summed E-state index contributed by atoms with van der Waals surface area (Å²) >= 11 is 3.44. The van der Waals surface area contributed by atoms with Crippen LogP contribution in [0, 0.1) is 16.0 Å². The third-order valence-corrected chi connectivity index (χ3v) is 4.47. The second-order valence-electron chi connectivity index (χ2n) is 4.88. The highest BCUT2D eigenvalue weighted by molar-refractivity contribution is 9.09. The molecule has 1 amide bonds. The minimum absolute atomic E-state index is 0.0639. The van der Waals surface area contributed by atoms with E-state index in [0.29, 0.717) is 18.2 Å². The van der Waals surface area contributed by atoms with E-state index in [1.165, 1.54) is 16.7 Å². The zero-order valence-corrected chi connectivity index (χ0v) is 12.5. The van der Waals surface area contributed by atoms with Gasteiger partial charge >= 0.3 is 5.82 Å². The molecular formula is C12H16BrN3O3. The Morgan fingerprint density at radius 3 is 2.79 bits per heavy atom. The van der Waals surface area contributed by atoms with Gasteiger partial charge in [0, 0.05) is 24.0 Å². The molecule has 0 N–H and O–H groups in total. The highest BCUT2D eigenvalue weighted by atomic mass is 79.9. The van der Waals surface area contributed by atoms with Crippen molar-refractivity contribution in [1.82, 2.24) is 9.47 Å². The fraction of sp³-hybridized carbons (Fsp3) is 0.583. The number of carbonyl (C=O) groups excluding carboxylic acids is 1. The van der Waals surface area contributed by atoms with Crippen LogP contribution in [0.2, 0.25) is 0 Å². The van der Waals surface area contributed by atoms with Crippen molar-refractivity contribution in [2.24, 2.45) is 13.0 Å². The molecule has 19 heavy (non-hydrogen) atoms. The molecule has 2 heterocycles. The summed E-state index contributed by atoms with van der Waals surface area (Å²) in [5.74, 6) is 0.244. The van der Waals surface area contributed by atoms with Crippen molar-refractivity contribution >= 4 is 27.7 Å². The molecule has 1 aliphatic rings. The van der Waals surface area contributed by atoms with Crippen LogP contribution in [0.25, 0.3) is 0 Å². The molecule has 1 aromatic heterocycles. The van der Waals surface area contributed by atoms with Crippen molar-refractivity contribution in [3.8, 4) is 0 Å². The molecule has 2 rings (SSSR count). The molecule has 2 unspecified atom stereocenters. The molecule has 0 spiro atoms. The maximum Gasteiger partial charge on any atom is 0.323 e. The van der Waals surface area contributed by atoms with E-state index >= 15 is 0 Å². The fourth-order valence-electron chi connectivity index (χ4n) is 2.54. The van der Waals surface area contributed by atoms with Gasteiger partial charge in [-0.05, 0) is 23.3 Å². The Hall–Kier alpha value is -1.37. The number of hydrogen-bond acceptors (Lipinski definition) is 3. The number of nitro groups is 1. The van der Waals surface area contributed by atoms with Crippen LogP contribution >= 0.6 is 15.9 Å². The van der Waals surface area contributed by atoms with E-state index in [1.807, 2.05) is 0 Å². The topological polar surface area (TPSA) is 68.4 Å². The van der Waals surface area contributed by atoms with Gasteiger partial charge in [0.25, 0.3) is 5.91 Å². The van der Waals surface area contributed by atoms with Crippen LogP contribution < -0.4 is 0 Å². The second-order valence-corrected chi connectivity index (χ2v) is 5.53. The molecule has 7 heteroatoms. The lowest BCUT2D eigenvalue weighted by Gasteiger charge is -2.24. The van der Waals surface area contributed by atoms with E-state index in [2.05, 4.69) is 22.9 Å². The minimum Gasteiger partial charge on any atom is -0.358 e. The smallest absolute Gasteiger partial charge is 0.323 e. The highest BCUT2D eigenvalue weighted by Crippen LogP contribution is 2.28. The maximum atomic E-state index is 12.5. The van der Waals surface area contributed by atoms with Crippen LogP contribution in [0.15, 0.2) is 12.1 Å². The van der Waals surface area contributed by atoms with E-state index in [1.54, 1.807) is 11.9 Å². The minimum atomic E-state index is -0.481. The van der Waals surface area contributed by atoms with Crippen molar-refractivity contribution in [2.45, 2.75) is 19.4 Å². The van der Waals surface area contributed by atoms with Gasteiger partial charge in [0.05, 0.1) is 7.05 Å². The molecule has 6 nitrogen and oxygen atoms in total. The lowest BCUT2D eigenvalue weighted by molar-refractivity contribution is -0.391. The standard InChI is InChI=1S/C12H16BrN3O3/c1-8-5-6-15(10(8)7-13)12(17)9-3-4-11(14(9)2)16(18)19/h3-4,8,10H,5-7H2,1-2H3. The van der Waals surface area contributed by atoms with Gasteiger partial charge in [-0.2, -0.15) is 0 Å². The number of rotatable bonds is 3. The molecule has 0 radical (unpaired) electrons. The summed E-state index contributed by atoms with van der Waals surface area (Å²) in [5.41, 5.74) is 0.367. The van der Waals surface area contributed by atoms with Crippen molar-refractivity contribution < 1.29 is 9.72 Å². The molecule has 1 fully saturated rings. The molecule has 1 aliphatic heterocycles. The lowest BCUT2D eigenvalue weighted by Crippen LogP contribution is -2.39. The first-order valence-corrected chi connectivity index (χ1v) is 7.26. The Kier molecular flexibility index (Phi) is 3.93. The Morgan fingerprint density at radius 2 is 2.26 bits per heavy atom. The molecule has 1 aromatic rings. The Balaban J connectivity index is 2.27. The summed E-state index contributed by atoms with van der Waals surface area (Å²) in [5, 5.41) is 11.5. The number of hydrogen-bond donors (Lipinski definition) is 0. The fourth-order valence-corrected chi connectivity index (χ4v) is 3.53. The summed E-state index contributed by atoms with van der Waals surface area (Å²) in [4.78, 5) is 24.6. The first kappa shape index (κ1) is 14.0. The van der Waals surface area contributed by atoms with E-state index in [0.717, 1.165) is 11.8 Å². The lowest BCUT2D eigenvalue weighted by atomic mass is 10.1. The number of amides is 1. The Morgan fingerprint density at radius 1 is 1.58 bits per heavy atom. The summed E-state index contributed by atoms with van der Waals surface area (Å²) in [6, 6.07) is 3.05. The molecule has 0 aromatic carbocycles. The highest BCUT2D eigenvalue weighted by Gasteiger charge is 2.36. The SMILES string of the molecule is CC1CCN(C(=O)c2ccc([N+](=O)[O-])n2C)C1CBr. The van der Waals surface area contributed by atoms with Crippen LogP contribution in [0.3, 0.4) is 0 Å². The van der Waals surface area contributed by atoms with Gasteiger partial charge in [0.2, 0.25) is 0 Å². The summed E-state index contributed by atoms with van der Waals surface area (Å²) in [6.07, 6.45) is 0.967. The van der Waals surface area contributed by atoms with Gasteiger partial charge in [-0.3, -0.25) is 4.79 Å². The first-order chi connectivity index (χ1) is 8.97. The van der Waals surface area contributed by atoms with E-state index < -0.39 is 4.92 Å². The van der Waals surface area contributed by atoms with Gasteiger partial charge in [0.1, 0.15) is 0 Å². The van der Waals surface area contributed by atoms with Crippen LogP contribution in [0.4, 0.5) is 5.82 Å². The third-order valence-electron chi connectivity index (χ3n) is 3.80. The van der Waals surface area contributed by atoms with Crippen LogP contribution in [-0.2, 0) is 7.05 Å². The van der Waals surface area contributed by atoms with Gasteiger partial charge in [-0.1, -0.05) is 22.9 Å². The first-order valence-electron chi connectivity index (χ1n) is 6.14. The second kappa shape index (κ2) is 5.32. The molecule has 1 saturated heterocycles. The Bertz CT molecular complexity index is 514. The van der Waals surface area contributed by atoms with Crippen molar-refractivity contribution in [3.05, 3.63) is 27.9 Å². The molecule has 0 bridgehead atoms. The third kappa shape index (κ3) is 2.39. The van der Waals surface area contributed by atoms with Crippen molar-refractivity contribution in [3.63, 3.8) is 0 Å². The largest absolute Gasteiger partial charge is 0.358 e. The number of aromatic nitrogens is 1. The van der Waals surface area contributed by atoms with Gasteiger partial charge in [-0.25, -0.2) is 4.57 Å². The number of nitrogens with zero attached hydrogens (tertiary/aromatic N) is 3. The summed E-state index contributed by atoms with van der Waals surface area (Å²) in [7, 11) is 1.55. The average Bonchev–Trinajstić information content (AvgIpc) is 2.91. The number of alkyl halides is 1. The van der Waals surface area contributed by atoms with Crippen LogP contribution in [0.1, 0.15) is 23.8 Å². The van der Waals surface area contributed by atoms with Gasteiger partial charge in [-0.15, -0.1) is 0 Å². The predicted octanol–water partition coefficient (Wildman–Crippen LogP) is 2.18. The van der Waals surface area contributed by atoms with Gasteiger partial charge < -0.3 is 15.0 Å². The monoisotopic (exact) mass is 329 g/mol. The molecule has 0 aliphatic carbocycles. The Labute approximate surface area is 119 Å². The zero-order valence-electron chi connectivity index (χ0n) is 10.9. The van der Waals surface area contributed by atoms with Crippen molar-refractivity contribution in [1.29, 1.82) is 0 Å². The normalized spacial score (nSPS) is 22.8. The van der Waals surface area contributed by atoms with E-state index in [9.17, 15) is 14.9 Å². The number of halogens is 1. The number of carbonyl (C=O) groups is 1. The van der Waals surface area contributed by atoms with Crippen molar-refractivity contribution in [2.75, 3.05) is 11.9 Å². The van der Waals surface area contributed by atoms with E-state index in [4.69, 9.17) is 0 Å². The van der Waals surface area contributed by atoms with Crippen LogP contribution in [-0.4, -0.2) is 38.2 Å². The summed E-state index contributed by atoms with van der Waals surface area (Å²) in [6.45, 7) is 2.82. The summed E-state index contributed by atoms with van der Waals surface area (Å²) < 4.78 is 1.34. The predicted molar refractivity (Wildman–Crippen MR) is 74.5 cm³/mol. The average molecular weight is 330 g/mol. The number of likely N-dealkylation sites (tertiary alicyclic amines) is 1. The maximum absolute atomic E-state index is 12.5. The van der Waals surface area contributed by atoms with E-state index in [-0.39, 0.29) is 17.8 Å². The van der Waals surface area contributed by atoms with Gasteiger partial charge in [0.15, 0.2) is 5.69 Å². The zero-order chi connectivity index (χ0) is 14.2.